The van der Waals surface area contributed by atoms with E-state index in [0.717, 1.165) is 6.42 Å². The van der Waals surface area contributed by atoms with Crippen molar-refractivity contribution in [3.8, 4) is 0 Å². The maximum atomic E-state index is 12.7. The predicted molar refractivity (Wildman–Crippen MR) is 65.0 cm³/mol. The van der Waals surface area contributed by atoms with Crippen LogP contribution in [0.2, 0.25) is 0 Å². The van der Waals surface area contributed by atoms with E-state index in [0.29, 0.717) is 34.9 Å². The molecule has 0 aromatic rings. The Morgan fingerprint density at radius 3 is 2.50 bits per heavy atom. The summed E-state index contributed by atoms with van der Waals surface area (Å²) in [6, 6.07) is 0. The summed E-state index contributed by atoms with van der Waals surface area (Å²) in [4.78, 5) is 12.7. The maximum Gasteiger partial charge on any atom is 0.142 e. The molecular formula is C15H24O. The van der Waals surface area contributed by atoms with Crippen molar-refractivity contribution in [1.82, 2.24) is 0 Å². The highest BCUT2D eigenvalue weighted by atomic mass is 16.1. The van der Waals surface area contributed by atoms with Crippen LogP contribution in [0.1, 0.15) is 53.4 Å². The van der Waals surface area contributed by atoms with Crippen LogP contribution in [0, 0.1) is 34.5 Å². The quantitative estimate of drug-likeness (QED) is 0.659. The molecule has 0 amide bonds. The van der Waals surface area contributed by atoms with Gasteiger partial charge < -0.3 is 0 Å². The van der Waals surface area contributed by atoms with E-state index in [1.165, 1.54) is 19.3 Å². The van der Waals surface area contributed by atoms with Gasteiger partial charge in [-0.1, -0.05) is 27.7 Å². The fraction of sp³-hybridized carbons (Fsp3) is 0.933. The molecule has 0 aromatic carbocycles. The fourth-order valence-corrected chi connectivity index (χ4v) is 5.34. The van der Waals surface area contributed by atoms with Gasteiger partial charge in [-0.2, -0.15) is 0 Å². The molecule has 0 heterocycles. The summed E-state index contributed by atoms with van der Waals surface area (Å²) in [6.45, 7) is 9.26. The standard InChI is InChI=1S/C15H24O/c1-9(2)10-5-7-14(3)11-6-8-15(14,4)13(16)12(10)11/h9-12H,5-8H2,1-4H3/t10-,11+,12+,14+,15+/m1/s1. The summed E-state index contributed by atoms with van der Waals surface area (Å²) >= 11 is 0. The second-order valence-electron chi connectivity index (χ2n) is 7.23. The van der Waals surface area contributed by atoms with Gasteiger partial charge in [0.1, 0.15) is 5.78 Å². The van der Waals surface area contributed by atoms with Gasteiger partial charge in [0, 0.05) is 11.3 Å². The molecule has 0 N–H and O–H groups in total. The van der Waals surface area contributed by atoms with E-state index in [-0.39, 0.29) is 5.41 Å². The Morgan fingerprint density at radius 1 is 1.19 bits per heavy atom. The maximum absolute atomic E-state index is 12.7. The third-order valence-corrected chi connectivity index (χ3v) is 6.63. The van der Waals surface area contributed by atoms with E-state index in [9.17, 15) is 4.79 Å². The Bertz CT molecular complexity index is 345. The number of hydrogen-bond donors (Lipinski definition) is 0. The molecule has 1 nitrogen and oxygen atoms in total. The molecule has 5 atom stereocenters. The molecule has 0 unspecified atom stereocenters. The van der Waals surface area contributed by atoms with Gasteiger partial charge in [-0.15, -0.1) is 0 Å². The van der Waals surface area contributed by atoms with Crippen LogP contribution in [0.4, 0.5) is 0 Å². The first-order valence-corrected chi connectivity index (χ1v) is 6.96. The van der Waals surface area contributed by atoms with Crippen LogP contribution in [0.5, 0.6) is 0 Å². The lowest BCUT2D eigenvalue weighted by Gasteiger charge is -2.42. The molecule has 16 heavy (non-hydrogen) atoms. The molecule has 3 rings (SSSR count). The Kier molecular flexibility index (Phi) is 1.97. The average Bonchev–Trinajstić information content (AvgIpc) is 2.53. The molecular weight excluding hydrogens is 196 g/mol. The lowest BCUT2D eigenvalue weighted by molar-refractivity contribution is -0.132. The van der Waals surface area contributed by atoms with E-state index in [4.69, 9.17) is 0 Å². The zero-order valence-corrected chi connectivity index (χ0v) is 11.0. The molecule has 0 radical (unpaired) electrons. The van der Waals surface area contributed by atoms with Gasteiger partial charge in [0.2, 0.25) is 0 Å². The molecule has 0 saturated heterocycles. The fourth-order valence-electron chi connectivity index (χ4n) is 5.34. The Hall–Kier alpha value is -0.330. The van der Waals surface area contributed by atoms with E-state index >= 15 is 0 Å². The molecule has 0 aromatic heterocycles. The number of Topliss-reactive ketones (excluding diaryl/α,β-unsaturated/α-hetero) is 1. The summed E-state index contributed by atoms with van der Waals surface area (Å²) < 4.78 is 0. The molecule has 3 fully saturated rings. The monoisotopic (exact) mass is 220 g/mol. The van der Waals surface area contributed by atoms with Crippen molar-refractivity contribution in [2.24, 2.45) is 34.5 Å². The topological polar surface area (TPSA) is 17.1 Å². The highest BCUT2D eigenvalue weighted by molar-refractivity contribution is 5.92. The smallest absolute Gasteiger partial charge is 0.142 e. The highest BCUT2D eigenvalue weighted by Gasteiger charge is 2.70. The molecule has 3 aliphatic carbocycles. The summed E-state index contributed by atoms with van der Waals surface area (Å²) in [5.74, 6) is 3.11. The summed E-state index contributed by atoms with van der Waals surface area (Å²) in [5, 5.41) is 0. The Labute approximate surface area is 99.0 Å². The summed E-state index contributed by atoms with van der Waals surface area (Å²) in [7, 11) is 0. The molecule has 90 valence electrons. The zero-order valence-electron chi connectivity index (χ0n) is 11.0. The van der Waals surface area contributed by atoms with E-state index < -0.39 is 0 Å². The molecule has 1 heteroatoms. The van der Waals surface area contributed by atoms with Crippen molar-refractivity contribution < 1.29 is 4.79 Å². The number of rotatable bonds is 1. The minimum Gasteiger partial charge on any atom is -0.299 e. The van der Waals surface area contributed by atoms with Gasteiger partial charge in [-0.3, -0.25) is 4.79 Å². The molecule has 0 aliphatic heterocycles. The highest BCUT2D eigenvalue weighted by Crippen LogP contribution is 2.72. The Morgan fingerprint density at radius 2 is 1.88 bits per heavy atom. The number of carbonyl (C=O) groups is 1. The van der Waals surface area contributed by atoms with Crippen LogP contribution < -0.4 is 0 Å². The van der Waals surface area contributed by atoms with Crippen molar-refractivity contribution in [1.29, 1.82) is 0 Å². The van der Waals surface area contributed by atoms with Crippen molar-refractivity contribution in [2.45, 2.75) is 53.4 Å². The minimum atomic E-state index is 0.0337. The van der Waals surface area contributed by atoms with Crippen molar-refractivity contribution >= 4 is 5.78 Å². The Balaban J connectivity index is 2.06. The van der Waals surface area contributed by atoms with Crippen LogP contribution in [-0.4, -0.2) is 5.78 Å². The normalized spacial score (nSPS) is 55.1. The van der Waals surface area contributed by atoms with Crippen LogP contribution in [0.25, 0.3) is 0 Å². The minimum absolute atomic E-state index is 0.0337. The number of hydrogen-bond acceptors (Lipinski definition) is 1. The first kappa shape index (κ1) is 10.8. The first-order chi connectivity index (χ1) is 7.42. The van der Waals surface area contributed by atoms with Gasteiger partial charge >= 0.3 is 0 Å². The van der Waals surface area contributed by atoms with E-state index in [1.807, 2.05) is 0 Å². The van der Waals surface area contributed by atoms with Crippen LogP contribution in [-0.2, 0) is 4.79 Å². The molecule has 3 aliphatic rings. The molecule has 0 spiro atoms. The zero-order chi connectivity index (χ0) is 11.7. The molecule has 4 bridgehead atoms. The van der Waals surface area contributed by atoms with Crippen molar-refractivity contribution in [3.05, 3.63) is 0 Å². The number of carbonyl (C=O) groups excluding carboxylic acids is 1. The predicted octanol–water partition coefficient (Wildman–Crippen LogP) is 3.67. The molecule has 3 saturated carbocycles. The van der Waals surface area contributed by atoms with E-state index in [1.54, 1.807) is 0 Å². The second kappa shape index (κ2) is 2.91. The lowest BCUT2D eigenvalue weighted by atomic mass is 9.61. The van der Waals surface area contributed by atoms with Gasteiger partial charge in [-0.05, 0) is 48.9 Å². The third kappa shape index (κ3) is 0.926. The lowest BCUT2D eigenvalue weighted by Crippen LogP contribution is -2.36. The van der Waals surface area contributed by atoms with Gasteiger partial charge in [0.15, 0.2) is 0 Å². The number of ketones is 1. The first-order valence-electron chi connectivity index (χ1n) is 6.96. The average molecular weight is 220 g/mol. The SMILES string of the molecule is CC(C)[C@H]1CC[C@@]2(C)[C@H]3CC[C@@]2(C)C(=O)[C@@H]13. The van der Waals surface area contributed by atoms with Crippen LogP contribution in [0.3, 0.4) is 0 Å². The van der Waals surface area contributed by atoms with Crippen LogP contribution >= 0.6 is 0 Å². The van der Waals surface area contributed by atoms with Gasteiger partial charge in [0.25, 0.3) is 0 Å². The van der Waals surface area contributed by atoms with E-state index in [2.05, 4.69) is 27.7 Å². The third-order valence-electron chi connectivity index (χ3n) is 6.63. The van der Waals surface area contributed by atoms with Crippen LogP contribution in [0.15, 0.2) is 0 Å². The summed E-state index contributed by atoms with van der Waals surface area (Å²) in [6.07, 6.45) is 5.05. The van der Waals surface area contributed by atoms with Crippen molar-refractivity contribution in [3.63, 3.8) is 0 Å². The van der Waals surface area contributed by atoms with Gasteiger partial charge in [-0.25, -0.2) is 0 Å². The van der Waals surface area contributed by atoms with Crippen molar-refractivity contribution in [2.75, 3.05) is 0 Å². The second-order valence-corrected chi connectivity index (χ2v) is 7.23. The summed E-state index contributed by atoms with van der Waals surface area (Å²) in [5.41, 5.74) is 0.381. The van der Waals surface area contributed by atoms with Gasteiger partial charge in [0.05, 0.1) is 0 Å². The largest absolute Gasteiger partial charge is 0.299 e.